The van der Waals surface area contributed by atoms with E-state index in [1.54, 1.807) is 6.07 Å². The van der Waals surface area contributed by atoms with Crippen LogP contribution in [-0.4, -0.2) is 30.1 Å². The second kappa shape index (κ2) is 7.46. The average molecular weight is 415 g/mol. The van der Waals surface area contributed by atoms with E-state index in [1.807, 2.05) is 0 Å². The number of hydrogen-bond donors (Lipinski definition) is 1. The van der Waals surface area contributed by atoms with Gasteiger partial charge in [-0.1, -0.05) is 30.3 Å². The lowest BCUT2D eigenvalue weighted by Crippen LogP contribution is -2.49. The summed E-state index contributed by atoms with van der Waals surface area (Å²) in [6.45, 7) is 4.42. The molecule has 9 heteroatoms. The summed E-state index contributed by atoms with van der Waals surface area (Å²) in [5.74, 6) is 0. The zero-order valence-corrected chi connectivity index (χ0v) is 16.3. The van der Waals surface area contributed by atoms with Crippen LogP contribution in [-0.2, 0) is 16.0 Å². The van der Waals surface area contributed by atoms with Crippen molar-refractivity contribution in [1.29, 1.82) is 0 Å². The van der Waals surface area contributed by atoms with E-state index in [4.69, 9.17) is 0 Å². The zero-order chi connectivity index (χ0) is 21.3. The Kier molecular flexibility index (Phi) is 5.79. The number of benzene rings is 2. The Balaban J connectivity index is 2.79. The average Bonchev–Trinajstić information content (AvgIpc) is 2.58. The second-order valence-electron chi connectivity index (χ2n) is 7.16. The van der Waals surface area contributed by atoms with Crippen molar-refractivity contribution in [1.82, 2.24) is 4.90 Å². The highest BCUT2D eigenvalue weighted by molar-refractivity contribution is 7.91. The number of hydrogen-bond acceptors (Lipinski definition) is 3. The number of sulfone groups is 1. The summed E-state index contributed by atoms with van der Waals surface area (Å²) in [6, 6.07) is 10.8. The van der Waals surface area contributed by atoms with Crippen molar-refractivity contribution in [3.63, 3.8) is 0 Å². The quantitative estimate of drug-likeness (QED) is 0.766. The Morgan fingerprint density at radius 1 is 1.00 bits per heavy atom. The van der Waals surface area contributed by atoms with E-state index < -0.39 is 38.6 Å². The fraction of sp³-hybridized carbons (Fsp3) is 0.316. The summed E-state index contributed by atoms with van der Waals surface area (Å²) in [5, 5.41) is 7.87. The summed E-state index contributed by atoms with van der Waals surface area (Å²) in [4.78, 5) is 12.4. The molecule has 2 aromatic rings. The van der Waals surface area contributed by atoms with Crippen LogP contribution in [0, 0.1) is 0 Å². The van der Waals surface area contributed by atoms with Crippen molar-refractivity contribution in [2.75, 3.05) is 0 Å². The first-order valence-corrected chi connectivity index (χ1v) is 9.79. The lowest BCUT2D eigenvalue weighted by Gasteiger charge is -2.39. The lowest BCUT2D eigenvalue weighted by molar-refractivity contribution is -0.137. The van der Waals surface area contributed by atoms with E-state index >= 15 is 0 Å². The van der Waals surface area contributed by atoms with E-state index in [0.29, 0.717) is 11.0 Å². The van der Waals surface area contributed by atoms with Crippen LogP contribution in [0.3, 0.4) is 0 Å². The van der Waals surface area contributed by atoms with Gasteiger partial charge in [0.15, 0.2) is 5.37 Å². The molecule has 0 saturated heterocycles. The monoisotopic (exact) mass is 415 g/mol. The van der Waals surface area contributed by atoms with Gasteiger partial charge in [-0.3, -0.25) is 4.90 Å². The Labute approximate surface area is 161 Å². The SMILES string of the molecule is CC(C)(C)N(C(=O)O)C(c1cccc(C(F)(F)F)c1)S(=O)(=O)c1ccccc1. The van der Waals surface area contributed by atoms with Crippen molar-refractivity contribution >= 4 is 15.9 Å². The molecule has 0 bridgehead atoms. The molecule has 5 nitrogen and oxygen atoms in total. The van der Waals surface area contributed by atoms with Crippen LogP contribution in [0.2, 0.25) is 0 Å². The molecule has 0 aliphatic rings. The molecule has 152 valence electrons. The molecule has 1 atom stereocenters. The third kappa shape index (κ3) is 4.46. The van der Waals surface area contributed by atoms with Crippen LogP contribution in [0.4, 0.5) is 18.0 Å². The minimum atomic E-state index is -4.70. The Bertz CT molecular complexity index is 951. The minimum absolute atomic E-state index is 0.187. The second-order valence-corrected chi connectivity index (χ2v) is 9.16. The summed E-state index contributed by atoms with van der Waals surface area (Å²) in [6.07, 6.45) is -6.26. The van der Waals surface area contributed by atoms with Gasteiger partial charge in [0.05, 0.1) is 10.5 Å². The highest BCUT2D eigenvalue weighted by atomic mass is 32.2. The van der Waals surface area contributed by atoms with E-state index in [-0.39, 0.29) is 10.5 Å². The van der Waals surface area contributed by atoms with E-state index in [2.05, 4.69) is 0 Å². The maximum Gasteiger partial charge on any atom is 0.416 e. The molecule has 2 rings (SSSR count). The number of nitrogens with zero attached hydrogens (tertiary/aromatic N) is 1. The van der Waals surface area contributed by atoms with E-state index in [9.17, 15) is 31.5 Å². The number of carbonyl (C=O) groups is 1. The Morgan fingerprint density at radius 3 is 2.04 bits per heavy atom. The van der Waals surface area contributed by atoms with Crippen LogP contribution in [0.15, 0.2) is 59.5 Å². The zero-order valence-electron chi connectivity index (χ0n) is 15.4. The van der Waals surface area contributed by atoms with Gasteiger partial charge in [-0.15, -0.1) is 0 Å². The standard InChI is InChI=1S/C19H20F3NO4S/c1-18(2,3)23(17(24)25)16(28(26,27)15-10-5-4-6-11-15)13-8-7-9-14(12-13)19(20,21)22/h4-12,16H,1-3H3,(H,24,25). The first-order valence-electron chi connectivity index (χ1n) is 8.24. The van der Waals surface area contributed by atoms with Gasteiger partial charge >= 0.3 is 12.3 Å². The molecule has 1 N–H and O–H groups in total. The Morgan fingerprint density at radius 2 is 1.57 bits per heavy atom. The maximum absolute atomic E-state index is 13.3. The van der Waals surface area contributed by atoms with Gasteiger partial charge in [-0.05, 0) is 50.6 Å². The normalized spacial score (nSPS) is 13.8. The number of carboxylic acid groups (broad SMARTS) is 1. The molecule has 0 spiro atoms. The van der Waals surface area contributed by atoms with Gasteiger partial charge in [-0.25, -0.2) is 13.2 Å². The summed E-state index contributed by atoms with van der Waals surface area (Å²) < 4.78 is 66.1. The smallest absolute Gasteiger partial charge is 0.416 e. The van der Waals surface area contributed by atoms with Crippen LogP contribution >= 0.6 is 0 Å². The summed E-state index contributed by atoms with van der Waals surface area (Å²) in [7, 11) is -4.37. The van der Waals surface area contributed by atoms with Crippen molar-refractivity contribution in [2.45, 2.75) is 42.8 Å². The minimum Gasteiger partial charge on any atom is -0.465 e. The van der Waals surface area contributed by atoms with Crippen LogP contribution in [0.5, 0.6) is 0 Å². The van der Waals surface area contributed by atoms with Crippen molar-refractivity contribution < 1.29 is 31.5 Å². The molecule has 1 unspecified atom stereocenters. The highest BCUT2D eigenvalue weighted by Gasteiger charge is 2.43. The molecule has 0 fully saturated rings. The molecule has 0 saturated carbocycles. The van der Waals surface area contributed by atoms with Gasteiger partial charge in [0.25, 0.3) is 0 Å². The molecule has 0 heterocycles. The fourth-order valence-corrected chi connectivity index (χ4v) is 4.80. The first-order chi connectivity index (χ1) is 12.8. The number of alkyl halides is 3. The molecule has 0 aromatic heterocycles. The molecule has 0 radical (unpaired) electrons. The number of rotatable bonds is 4. The molecule has 0 aliphatic heterocycles. The van der Waals surface area contributed by atoms with Gasteiger partial charge in [0.2, 0.25) is 9.84 Å². The van der Waals surface area contributed by atoms with Gasteiger partial charge < -0.3 is 5.11 Å². The predicted molar refractivity (Wildman–Crippen MR) is 97.4 cm³/mol. The molecular formula is C19H20F3NO4S. The van der Waals surface area contributed by atoms with Crippen molar-refractivity contribution in [2.24, 2.45) is 0 Å². The number of halogens is 3. The summed E-state index contributed by atoms with van der Waals surface area (Å²) >= 11 is 0. The first kappa shape index (κ1) is 21.7. The fourth-order valence-electron chi connectivity index (χ4n) is 2.81. The van der Waals surface area contributed by atoms with E-state index in [0.717, 1.165) is 12.1 Å². The maximum atomic E-state index is 13.3. The molecule has 28 heavy (non-hydrogen) atoms. The molecule has 1 amide bonds. The van der Waals surface area contributed by atoms with Crippen LogP contribution < -0.4 is 0 Å². The molecule has 0 aliphatic carbocycles. The van der Waals surface area contributed by atoms with Gasteiger partial charge in [-0.2, -0.15) is 13.2 Å². The Hall–Kier alpha value is -2.55. The van der Waals surface area contributed by atoms with Crippen LogP contribution in [0.25, 0.3) is 0 Å². The highest BCUT2D eigenvalue weighted by Crippen LogP contribution is 2.39. The summed E-state index contributed by atoms with van der Waals surface area (Å²) in [5.41, 5.74) is -2.54. The third-order valence-corrected chi connectivity index (χ3v) is 6.03. The van der Waals surface area contributed by atoms with Gasteiger partial charge in [0.1, 0.15) is 0 Å². The van der Waals surface area contributed by atoms with Crippen molar-refractivity contribution in [3.8, 4) is 0 Å². The predicted octanol–water partition coefficient (Wildman–Crippen LogP) is 4.96. The number of amides is 1. The van der Waals surface area contributed by atoms with Crippen LogP contribution in [0.1, 0.15) is 37.3 Å². The van der Waals surface area contributed by atoms with E-state index in [1.165, 1.54) is 51.1 Å². The third-order valence-electron chi connectivity index (χ3n) is 4.03. The topological polar surface area (TPSA) is 74.7 Å². The largest absolute Gasteiger partial charge is 0.465 e. The van der Waals surface area contributed by atoms with Crippen molar-refractivity contribution in [3.05, 3.63) is 65.7 Å². The molecule has 2 aromatic carbocycles. The van der Waals surface area contributed by atoms with Gasteiger partial charge in [0, 0.05) is 5.54 Å². The lowest BCUT2D eigenvalue weighted by atomic mass is 10.0. The molecular weight excluding hydrogens is 395 g/mol.